The first-order chi connectivity index (χ1) is 9.08. The van der Waals surface area contributed by atoms with Crippen LogP contribution in [0, 0.1) is 17.0 Å². The first-order valence-corrected chi connectivity index (χ1v) is 6.62. The van der Waals surface area contributed by atoms with E-state index < -0.39 is 4.92 Å². The summed E-state index contributed by atoms with van der Waals surface area (Å²) in [7, 11) is 0. The van der Waals surface area contributed by atoms with Crippen LogP contribution in [-0.4, -0.2) is 22.1 Å². The lowest BCUT2D eigenvalue weighted by Gasteiger charge is -2.22. The number of nitro groups is 1. The highest BCUT2D eigenvalue weighted by Crippen LogP contribution is 2.28. The molecule has 6 nitrogen and oxygen atoms in total. The Labute approximate surface area is 112 Å². The molecule has 1 aromatic rings. The van der Waals surface area contributed by atoms with Crippen molar-refractivity contribution in [2.45, 2.75) is 51.2 Å². The lowest BCUT2D eigenvalue weighted by atomic mass is 10.1. The number of ether oxygens (including phenoxy) is 1. The van der Waals surface area contributed by atoms with Crippen molar-refractivity contribution >= 4 is 5.69 Å². The summed E-state index contributed by atoms with van der Waals surface area (Å²) in [6, 6.07) is 2.96. The molecular weight excluding hydrogens is 246 g/mol. The van der Waals surface area contributed by atoms with Crippen LogP contribution in [0.15, 0.2) is 12.1 Å². The van der Waals surface area contributed by atoms with Crippen LogP contribution >= 0.6 is 0 Å². The monoisotopic (exact) mass is 265 g/mol. The van der Waals surface area contributed by atoms with Gasteiger partial charge in [0.2, 0.25) is 0 Å². The Hall–Kier alpha value is -1.69. The lowest BCUT2D eigenvalue weighted by molar-refractivity contribution is -0.386. The second-order valence-electron chi connectivity index (χ2n) is 4.99. The van der Waals surface area contributed by atoms with Gasteiger partial charge >= 0.3 is 5.69 Å². The Bertz CT molecular complexity index is 464. The van der Waals surface area contributed by atoms with Gasteiger partial charge < -0.3 is 10.5 Å². The predicted molar refractivity (Wildman–Crippen MR) is 71.1 cm³/mol. The summed E-state index contributed by atoms with van der Waals surface area (Å²) in [4.78, 5) is 14.6. The molecule has 2 rings (SSSR count). The molecule has 1 heterocycles. The van der Waals surface area contributed by atoms with E-state index in [1.54, 1.807) is 13.0 Å². The van der Waals surface area contributed by atoms with Gasteiger partial charge in [-0.15, -0.1) is 0 Å². The molecular formula is C13H19N3O3. The summed E-state index contributed by atoms with van der Waals surface area (Å²) in [5.74, 6) is 0.0901. The number of hydrogen-bond acceptors (Lipinski definition) is 5. The summed E-state index contributed by atoms with van der Waals surface area (Å²) >= 11 is 0. The van der Waals surface area contributed by atoms with Crippen molar-refractivity contribution in [2.75, 3.05) is 0 Å². The van der Waals surface area contributed by atoms with Crippen molar-refractivity contribution in [3.8, 4) is 5.88 Å². The van der Waals surface area contributed by atoms with Crippen molar-refractivity contribution in [1.29, 1.82) is 0 Å². The minimum atomic E-state index is -0.468. The predicted octanol–water partition coefficient (Wildman–Crippen LogP) is 2.34. The van der Waals surface area contributed by atoms with Gasteiger partial charge in [0.25, 0.3) is 5.88 Å². The average Bonchev–Trinajstić information content (AvgIpc) is 2.55. The van der Waals surface area contributed by atoms with E-state index in [2.05, 4.69) is 4.98 Å². The number of aromatic nitrogens is 1. The molecule has 1 aliphatic rings. The Morgan fingerprint density at radius 2 is 2.11 bits per heavy atom. The molecule has 104 valence electrons. The van der Waals surface area contributed by atoms with E-state index in [0.29, 0.717) is 5.69 Å². The van der Waals surface area contributed by atoms with Gasteiger partial charge in [-0.1, -0.05) is 12.8 Å². The summed E-state index contributed by atoms with van der Waals surface area (Å²) < 4.78 is 5.74. The first kappa shape index (κ1) is 13.7. The zero-order valence-electron chi connectivity index (χ0n) is 11.0. The van der Waals surface area contributed by atoms with Crippen LogP contribution in [0.25, 0.3) is 0 Å². The summed E-state index contributed by atoms with van der Waals surface area (Å²) in [5.41, 5.74) is 6.67. The maximum Gasteiger partial charge on any atom is 0.330 e. The van der Waals surface area contributed by atoms with E-state index in [1.807, 2.05) is 0 Å². The topological polar surface area (TPSA) is 91.3 Å². The molecule has 1 fully saturated rings. The molecule has 0 aromatic carbocycles. The third-order valence-corrected chi connectivity index (χ3v) is 3.44. The fourth-order valence-corrected chi connectivity index (χ4v) is 2.34. The molecule has 2 N–H and O–H groups in total. The summed E-state index contributed by atoms with van der Waals surface area (Å²) in [6.07, 6.45) is 4.80. The molecule has 0 amide bonds. The Morgan fingerprint density at radius 1 is 1.37 bits per heavy atom. The number of pyridine rings is 1. The number of hydrogen-bond donors (Lipinski definition) is 1. The Balaban J connectivity index is 2.21. The minimum Gasteiger partial charge on any atom is -0.468 e. The van der Waals surface area contributed by atoms with E-state index in [0.717, 1.165) is 32.1 Å². The normalized spacial score (nSPS) is 23.7. The molecule has 0 saturated heterocycles. The van der Waals surface area contributed by atoms with Crippen molar-refractivity contribution < 1.29 is 9.66 Å². The molecule has 6 heteroatoms. The van der Waals surface area contributed by atoms with Gasteiger partial charge in [0.05, 0.1) is 4.92 Å². The van der Waals surface area contributed by atoms with Gasteiger partial charge in [0.15, 0.2) is 0 Å². The van der Waals surface area contributed by atoms with Crippen LogP contribution in [0.1, 0.15) is 37.8 Å². The van der Waals surface area contributed by atoms with E-state index >= 15 is 0 Å². The van der Waals surface area contributed by atoms with Crippen LogP contribution in [0.3, 0.4) is 0 Å². The van der Waals surface area contributed by atoms with Crippen molar-refractivity contribution in [1.82, 2.24) is 4.98 Å². The van der Waals surface area contributed by atoms with Crippen LogP contribution in [0.4, 0.5) is 5.69 Å². The third kappa shape index (κ3) is 3.41. The highest BCUT2D eigenvalue weighted by atomic mass is 16.6. The molecule has 1 saturated carbocycles. The number of aryl methyl sites for hydroxylation is 1. The minimum absolute atomic E-state index is 0.0792. The van der Waals surface area contributed by atoms with E-state index in [9.17, 15) is 10.1 Å². The third-order valence-electron chi connectivity index (χ3n) is 3.44. The van der Waals surface area contributed by atoms with Gasteiger partial charge in [0.1, 0.15) is 6.10 Å². The quantitative estimate of drug-likeness (QED) is 0.514. The van der Waals surface area contributed by atoms with E-state index in [-0.39, 0.29) is 23.7 Å². The molecule has 0 spiro atoms. The van der Waals surface area contributed by atoms with Crippen LogP contribution in [-0.2, 0) is 0 Å². The highest BCUT2D eigenvalue weighted by Gasteiger charge is 2.26. The fourth-order valence-electron chi connectivity index (χ4n) is 2.34. The SMILES string of the molecule is Cc1ccc([N+](=O)[O-])c(OC2CCCCCC2N)n1. The lowest BCUT2D eigenvalue weighted by Crippen LogP contribution is -2.38. The number of nitrogens with zero attached hydrogens (tertiary/aromatic N) is 2. The Morgan fingerprint density at radius 3 is 2.84 bits per heavy atom. The van der Waals surface area contributed by atoms with Crippen LogP contribution in [0.2, 0.25) is 0 Å². The van der Waals surface area contributed by atoms with Crippen molar-refractivity contribution in [2.24, 2.45) is 5.73 Å². The standard InChI is InChI=1S/C13H19N3O3/c1-9-7-8-11(16(17)18)13(15-9)19-12-6-4-2-3-5-10(12)14/h7-8,10,12H,2-6,14H2,1H3. The summed E-state index contributed by atoms with van der Waals surface area (Å²) in [5, 5.41) is 11.0. The molecule has 19 heavy (non-hydrogen) atoms. The highest BCUT2D eigenvalue weighted by molar-refractivity contribution is 5.41. The second kappa shape index (κ2) is 5.97. The summed E-state index contributed by atoms with van der Waals surface area (Å²) in [6.45, 7) is 1.78. The van der Waals surface area contributed by atoms with Gasteiger partial charge in [-0.05, 0) is 32.3 Å². The molecule has 1 aliphatic carbocycles. The number of nitrogens with two attached hydrogens (primary N) is 1. The molecule has 0 radical (unpaired) electrons. The zero-order valence-corrected chi connectivity index (χ0v) is 11.0. The largest absolute Gasteiger partial charge is 0.468 e. The van der Waals surface area contributed by atoms with Crippen LogP contribution < -0.4 is 10.5 Å². The van der Waals surface area contributed by atoms with Crippen molar-refractivity contribution in [3.63, 3.8) is 0 Å². The van der Waals surface area contributed by atoms with E-state index in [1.165, 1.54) is 6.07 Å². The maximum absolute atomic E-state index is 11.0. The van der Waals surface area contributed by atoms with Crippen LogP contribution in [0.5, 0.6) is 5.88 Å². The smallest absolute Gasteiger partial charge is 0.330 e. The second-order valence-corrected chi connectivity index (χ2v) is 4.99. The average molecular weight is 265 g/mol. The van der Waals surface area contributed by atoms with Gasteiger partial charge in [-0.3, -0.25) is 10.1 Å². The molecule has 2 atom stereocenters. The molecule has 1 aromatic heterocycles. The van der Waals surface area contributed by atoms with E-state index in [4.69, 9.17) is 10.5 Å². The zero-order chi connectivity index (χ0) is 13.8. The molecule has 2 unspecified atom stereocenters. The fraction of sp³-hybridized carbons (Fsp3) is 0.615. The van der Waals surface area contributed by atoms with Gasteiger partial charge in [-0.25, -0.2) is 4.98 Å². The Kier molecular flexibility index (Phi) is 4.31. The van der Waals surface area contributed by atoms with Gasteiger partial charge in [-0.2, -0.15) is 0 Å². The first-order valence-electron chi connectivity index (χ1n) is 6.62. The van der Waals surface area contributed by atoms with Crippen molar-refractivity contribution in [3.05, 3.63) is 27.9 Å². The molecule has 0 aliphatic heterocycles. The number of rotatable bonds is 3. The van der Waals surface area contributed by atoms with Gasteiger partial charge in [0, 0.05) is 17.8 Å². The maximum atomic E-state index is 11.0. The molecule has 0 bridgehead atoms.